The number of hydrogen-bond acceptors (Lipinski definition) is 4. The highest BCUT2D eigenvalue weighted by molar-refractivity contribution is 5.94. The summed E-state index contributed by atoms with van der Waals surface area (Å²) in [7, 11) is 1.80. The number of carbonyl (C=O) groups is 1. The van der Waals surface area contributed by atoms with Crippen molar-refractivity contribution in [1.82, 2.24) is 25.1 Å². The summed E-state index contributed by atoms with van der Waals surface area (Å²) in [5, 5.41) is 7.80. The molecule has 2 aliphatic rings. The van der Waals surface area contributed by atoms with E-state index in [1.807, 2.05) is 6.07 Å². The van der Waals surface area contributed by atoms with Crippen molar-refractivity contribution in [1.29, 1.82) is 0 Å². The second-order valence-electron chi connectivity index (χ2n) is 10.3. The first-order valence-electron chi connectivity index (χ1n) is 10.3. The Kier molecular flexibility index (Phi) is 3.73. The summed E-state index contributed by atoms with van der Waals surface area (Å²) in [5.74, 6) is 1.59. The molecule has 7 heteroatoms. The quantitative estimate of drug-likeness (QED) is 0.708. The fourth-order valence-corrected chi connectivity index (χ4v) is 4.55. The molecule has 29 heavy (non-hydrogen) atoms. The highest BCUT2D eigenvalue weighted by Crippen LogP contribution is 2.59. The van der Waals surface area contributed by atoms with Crippen LogP contribution in [0.5, 0.6) is 0 Å². The van der Waals surface area contributed by atoms with Gasteiger partial charge in [-0.2, -0.15) is 5.10 Å². The van der Waals surface area contributed by atoms with Crippen LogP contribution in [0.3, 0.4) is 0 Å². The molecule has 1 amide bonds. The molecule has 2 aliphatic carbocycles. The molecule has 1 saturated carbocycles. The Labute approximate surface area is 170 Å². The first-order chi connectivity index (χ1) is 13.6. The number of rotatable bonds is 3. The molecule has 0 unspecified atom stereocenters. The molecular formula is C22H28N6O. The van der Waals surface area contributed by atoms with Gasteiger partial charge in [-0.25, -0.2) is 9.97 Å². The molecule has 0 saturated heterocycles. The average Bonchev–Trinajstić information content (AvgIpc) is 2.96. The maximum atomic E-state index is 12.6. The van der Waals surface area contributed by atoms with E-state index >= 15 is 0 Å². The number of hydrogen-bond donors (Lipinski definition) is 2. The van der Waals surface area contributed by atoms with Crippen molar-refractivity contribution < 1.29 is 4.79 Å². The smallest absolute Gasteiger partial charge is 0.227 e. The van der Waals surface area contributed by atoms with Gasteiger partial charge in [0.2, 0.25) is 5.91 Å². The van der Waals surface area contributed by atoms with Gasteiger partial charge in [0.15, 0.2) is 11.5 Å². The second-order valence-corrected chi connectivity index (χ2v) is 10.3. The molecule has 0 bridgehead atoms. The topological polar surface area (TPSA) is 90.6 Å². The minimum atomic E-state index is -0.0549. The molecule has 2 N–H and O–H groups in total. The van der Waals surface area contributed by atoms with Crippen molar-refractivity contribution in [3.8, 4) is 11.5 Å². The van der Waals surface area contributed by atoms with Gasteiger partial charge < -0.3 is 9.88 Å². The van der Waals surface area contributed by atoms with Crippen LogP contribution >= 0.6 is 0 Å². The molecule has 1 fully saturated rings. The molecule has 3 aromatic rings. The SMILES string of the molecule is CN(C(=O)CC(C)(C)C)c1cnc2nc(-c3n[nH]c4c3C[C@@H]3C[C@]3(C)C4)[nH]c2c1. The third-order valence-electron chi connectivity index (χ3n) is 6.51. The second kappa shape index (κ2) is 5.90. The van der Waals surface area contributed by atoms with Crippen LogP contribution in [-0.4, -0.2) is 38.1 Å². The molecule has 0 spiro atoms. The number of H-pyrrole nitrogens is 2. The zero-order chi connectivity index (χ0) is 20.6. The summed E-state index contributed by atoms with van der Waals surface area (Å²) in [6.45, 7) is 8.56. The van der Waals surface area contributed by atoms with Crippen molar-refractivity contribution in [2.24, 2.45) is 16.7 Å². The van der Waals surface area contributed by atoms with Crippen molar-refractivity contribution in [2.45, 2.75) is 53.4 Å². The Hall–Kier alpha value is -2.70. The van der Waals surface area contributed by atoms with Crippen LogP contribution in [0.4, 0.5) is 5.69 Å². The van der Waals surface area contributed by atoms with Gasteiger partial charge >= 0.3 is 0 Å². The number of nitrogens with zero attached hydrogens (tertiary/aromatic N) is 4. The summed E-state index contributed by atoms with van der Waals surface area (Å²) in [6.07, 6.45) is 5.63. The van der Waals surface area contributed by atoms with E-state index in [1.165, 1.54) is 17.7 Å². The molecule has 152 valence electrons. The van der Waals surface area contributed by atoms with Gasteiger partial charge in [0.05, 0.1) is 17.4 Å². The molecule has 2 atom stereocenters. The Morgan fingerprint density at radius 2 is 2.17 bits per heavy atom. The molecule has 5 rings (SSSR count). The van der Waals surface area contributed by atoms with E-state index in [4.69, 9.17) is 0 Å². The Bertz CT molecular complexity index is 1120. The zero-order valence-corrected chi connectivity index (χ0v) is 17.8. The number of pyridine rings is 1. The number of amides is 1. The Morgan fingerprint density at radius 1 is 1.38 bits per heavy atom. The summed E-state index contributed by atoms with van der Waals surface area (Å²) < 4.78 is 0. The van der Waals surface area contributed by atoms with Crippen LogP contribution < -0.4 is 4.90 Å². The van der Waals surface area contributed by atoms with Crippen LogP contribution in [0.25, 0.3) is 22.7 Å². The van der Waals surface area contributed by atoms with Crippen LogP contribution in [0.1, 0.15) is 51.8 Å². The maximum absolute atomic E-state index is 12.6. The number of imidazole rings is 1. The summed E-state index contributed by atoms with van der Waals surface area (Å²) in [5.41, 5.74) is 6.08. The molecule has 3 heterocycles. The predicted octanol–water partition coefficient (Wildman–Crippen LogP) is 3.87. The first kappa shape index (κ1) is 18.3. The zero-order valence-electron chi connectivity index (χ0n) is 17.8. The lowest BCUT2D eigenvalue weighted by molar-refractivity contribution is -0.120. The van der Waals surface area contributed by atoms with Crippen molar-refractivity contribution in [2.75, 3.05) is 11.9 Å². The van der Waals surface area contributed by atoms with Gasteiger partial charge in [0.1, 0.15) is 5.69 Å². The highest BCUT2D eigenvalue weighted by Gasteiger charge is 2.53. The van der Waals surface area contributed by atoms with Gasteiger partial charge in [0, 0.05) is 24.7 Å². The number of aromatic amines is 2. The highest BCUT2D eigenvalue weighted by atomic mass is 16.2. The van der Waals surface area contributed by atoms with Gasteiger partial charge in [-0.3, -0.25) is 9.89 Å². The number of aromatic nitrogens is 5. The Morgan fingerprint density at radius 3 is 2.93 bits per heavy atom. The Balaban J connectivity index is 1.45. The minimum Gasteiger partial charge on any atom is -0.335 e. The van der Waals surface area contributed by atoms with Gasteiger partial charge in [-0.1, -0.05) is 27.7 Å². The molecule has 0 radical (unpaired) electrons. The molecule has 0 aliphatic heterocycles. The fourth-order valence-electron chi connectivity index (χ4n) is 4.55. The van der Waals surface area contributed by atoms with Crippen molar-refractivity contribution >= 4 is 22.8 Å². The lowest BCUT2D eigenvalue weighted by Gasteiger charge is -2.23. The average molecular weight is 393 g/mol. The molecular weight excluding hydrogens is 364 g/mol. The van der Waals surface area contributed by atoms with E-state index in [1.54, 1.807) is 18.1 Å². The summed E-state index contributed by atoms with van der Waals surface area (Å²) in [6, 6.07) is 1.94. The first-order valence-corrected chi connectivity index (χ1v) is 10.3. The van der Waals surface area contributed by atoms with Crippen LogP contribution in [-0.2, 0) is 17.6 Å². The van der Waals surface area contributed by atoms with Gasteiger partial charge in [-0.05, 0) is 42.1 Å². The normalized spacial score (nSPS) is 23.0. The van der Waals surface area contributed by atoms with E-state index in [9.17, 15) is 4.79 Å². The van der Waals surface area contributed by atoms with E-state index in [-0.39, 0.29) is 11.3 Å². The lowest BCUT2D eigenvalue weighted by atomic mass is 9.88. The maximum Gasteiger partial charge on any atom is 0.227 e. The van der Waals surface area contributed by atoms with Crippen LogP contribution in [0.2, 0.25) is 0 Å². The summed E-state index contributed by atoms with van der Waals surface area (Å²) in [4.78, 5) is 26.8. The van der Waals surface area contributed by atoms with Crippen molar-refractivity contribution in [3.63, 3.8) is 0 Å². The lowest BCUT2D eigenvalue weighted by Crippen LogP contribution is -2.29. The number of carbonyl (C=O) groups excluding carboxylic acids is 1. The van der Waals surface area contributed by atoms with Crippen LogP contribution in [0.15, 0.2) is 12.3 Å². The third-order valence-corrected chi connectivity index (χ3v) is 6.51. The molecule has 3 aromatic heterocycles. The van der Waals surface area contributed by atoms with E-state index in [0.29, 0.717) is 17.5 Å². The largest absolute Gasteiger partial charge is 0.335 e. The number of nitrogens with one attached hydrogen (secondary N) is 2. The van der Waals surface area contributed by atoms with E-state index in [2.05, 4.69) is 52.8 Å². The standard InChI is InChI=1S/C22H28N6O/c1-21(2,3)10-17(29)28(5)13-7-15-19(23-11-13)25-20(24-15)18-14-6-12-8-22(12,4)9-16(14)26-27-18/h7,11-12H,6,8-10H2,1-5H3,(H,26,27)(H,23,24,25)/t12-,22-/m1/s1. The predicted molar refractivity (Wildman–Crippen MR) is 113 cm³/mol. The number of anilines is 1. The number of fused-ring (bicyclic) bond motifs is 3. The monoisotopic (exact) mass is 392 g/mol. The minimum absolute atomic E-state index is 0.0549. The third kappa shape index (κ3) is 3.12. The van der Waals surface area contributed by atoms with E-state index < -0.39 is 0 Å². The van der Waals surface area contributed by atoms with Gasteiger partial charge in [0.25, 0.3) is 0 Å². The van der Waals surface area contributed by atoms with Gasteiger partial charge in [-0.15, -0.1) is 0 Å². The molecule has 0 aromatic carbocycles. The fraction of sp³-hybridized carbons (Fsp3) is 0.545. The van der Waals surface area contributed by atoms with E-state index in [0.717, 1.165) is 41.5 Å². The summed E-state index contributed by atoms with van der Waals surface area (Å²) >= 11 is 0. The van der Waals surface area contributed by atoms with Crippen LogP contribution in [0, 0.1) is 16.7 Å². The molecule has 7 nitrogen and oxygen atoms in total. The van der Waals surface area contributed by atoms with Crippen molar-refractivity contribution in [3.05, 3.63) is 23.5 Å².